The summed E-state index contributed by atoms with van der Waals surface area (Å²) < 4.78 is 26.3. The van der Waals surface area contributed by atoms with Gasteiger partial charge in [0.25, 0.3) is 0 Å². The van der Waals surface area contributed by atoms with Crippen molar-refractivity contribution < 1.29 is 8.42 Å². The molecule has 0 unspecified atom stereocenters. The molecule has 1 aliphatic heterocycles. The Morgan fingerprint density at radius 1 is 1.16 bits per heavy atom. The standard InChI is InChI=1S/C14H28N2O2S/c1-12(2)19(17,18)15-9-14-7-4-8-16(11-14)10-13-5-3-6-13/h12-15H,3-11H2,1-2H3/t14-/m1/s1. The normalized spacial score (nSPS) is 26.6. The third-order valence-electron chi connectivity index (χ3n) is 4.54. The lowest BCUT2D eigenvalue weighted by molar-refractivity contribution is 0.125. The lowest BCUT2D eigenvalue weighted by atomic mass is 9.84. The van der Waals surface area contributed by atoms with E-state index in [1.807, 2.05) is 0 Å². The van der Waals surface area contributed by atoms with Crippen molar-refractivity contribution >= 4 is 10.0 Å². The molecule has 1 aliphatic carbocycles. The third-order valence-corrected chi connectivity index (χ3v) is 6.35. The Morgan fingerprint density at radius 2 is 1.84 bits per heavy atom. The molecule has 1 saturated carbocycles. The van der Waals surface area contributed by atoms with E-state index in [4.69, 9.17) is 0 Å². The summed E-state index contributed by atoms with van der Waals surface area (Å²) in [4.78, 5) is 2.54. The second-order valence-electron chi connectivity index (χ2n) is 6.51. The van der Waals surface area contributed by atoms with Crippen LogP contribution in [0.1, 0.15) is 46.0 Å². The number of likely N-dealkylation sites (tertiary alicyclic amines) is 1. The van der Waals surface area contributed by atoms with Crippen molar-refractivity contribution in [3.8, 4) is 0 Å². The van der Waals surface area contributed by atoms with Gasteiger partial charge >= 0.3 is 0 Å². The van der Waals surface area contributed by atoms with Crippen molar-refractivity contribution in [3.05, 3.63) is 0 Å². The minimum Gasteiger partial charge on any atom is -0.303 e. The van der Waals surface area contributed by atoms with Gasteiger partial charge in [-0.1, -0.05) is 6.42 Å². The molecule has 0 bridgehead atoms. The zero-order chi connectivity index (χ0) is 13.9. The van der Waals surface area contributed by atoms with Crippen LogP contribution in [0.2, 0.25) is 0 Å². The van der Waals surface area contributed by atoms with E-state index in [9.17, 15) is 8.42 Å². The number of hydrogen-bond donors (Lipinski definition) is 1. The van der Waals surface area contributed by atoms with Gasteiger partial charge in [0, 0.05) is 19.6 Å². The van der Waals surface area contributed by atoms with Crippen LogP contribution in [-0.4, -0.2) is 44.7 Å². The van der Waals surface area contributed by atoms with Crippen LogP contribution in [0.3, 0.4) is 0 Å². The molecule has 0 radical (unpaired) electrons. The number of rotatable bonds is 6. The molecule has 1 saturated heterocycles. The Morgan fingerprint density at radius 3 is 2.42 bits per heavy atom. The molecule has 0 amide bonds. The molecule has 1 heterocycles. The number of hydrogen-bond acceptors (Lipinski definition) is 3. The van der Waals surface area contributed by atoms with Crippen LogP contribution in [0, 0.1) is 11.8 Å². The Labute approximate surface area is 118 Å². The smallest absolute Gasteiger partial charge is 0.213 e. The molecule has 1 atom stereocenters. The Hall–Kier alpha value is -0.130. The van der Waals surface area contributed by atoms with Gasteiger partial charge in [-0.15, -0.1) is 0 Å². The van der Waals surface area contributed by atoms with Crippen LogP contribution < -0.4 is 4.72 Å². The fraction of sp³-hybridized carbons (Fsp3) is 1.00. The summed E-state index contributed by atoms with van der Waals surface area (Å²) >= 11 is 0. The molecule has 0 spiro atoms. The zero-order valence-corrected chi connectivity index (χ0v) is 13.1. The van der Waals surface area contributed by atoms with E-state index in [0.717, 1.165) is 18.9 Å². The van der Waals surface area contributed by atoms with Gasteiger partial charge in [0.1, 0.15) is 0 Å². The number of sulfonamides is 1. The average molecular weight is 288 g/mol. The highest BCUT2D eigenvalue weighted by molar-refractivity contribution is 7.90. The molecule has 5 heteroatoms. The van der Waals surface area contributed by atoms with Gasteiger partial charge in [-0.2, -0.15) is 0 Å². The van der Waals surface area contributed by atoms with E-state index in [0.29, 0.717) is 12.5 Å². The minimum atomic E-state index is -3.10. The molecule has 2 aliphatic rings. The molecule has 0 aromatic rings. The Kier molecular flexibility index (Phi) is 5.26. The fourth-order valence-corrected chi connectivity index (χ4v) is 3.73. The average Bonchev–Trinajstić information content (AvgIpc) is 2.32. The topological polar surface area (TPSA) is 49.4 Å². The summed E-state index contributed by atoms with van der Waals surface area (Å²) in [5.74, 6) is 1.40. The van der Waals surface area contributed by atoms with E-state index in [1.54, 1.807) is 13.8 Å². The van der Waals surface area contributed by atoms with Crippen molar-refractivity contribution in [2.24, 2.45) is 11.8 Å². The molecule has 2 fully saturated rings. The van der Waals surface area contributed by atoms with Crippen molar-refractivity contribution in [2.75, 3.05) is 26.2 Å². The predicted molar refractivity (Wildman–Crippen MR) is 78.6 cm³/mol. The van der Waals surface area contributed by atoms with E-state index >= 15 is 0 Å². The van der Waals surface area contributed by atoms with Gasteiger partial charge in [0.05, 0.1) is 5.25 Å². The fourth-order valence-electron chi connectivity index (χ4n) is 2.92. The van der Waals surface area contributed by atoms with Crippen molar-refractivity contribution in [1.29, 1.82) is 0 Å². The van der Waals surface area contributed by atoms with Gasteiger partial charge in [-0.3, -0.25) is 0 Å². The predicted octanol–water partition coefficient (Wildman–Crippen LogP) is 1.83. The summed E-state index contributed by atoms with van der Waals surface area (Å²) in [5, 5.41) is -0.331. The maximum Gasteiger partial charge on any atom is 0.213 e. The summed E-state index contributed by atoms with van der Waals surface area (Å²) in [6, 6.07) is 0. The quantitative estimate of drug-likeness (QED) is 0.811. The summed E-state index contributed by atoms with van der Waals surface area (Å²) in [6.07, 6.45) is 6.54. The first-order valence-corrected chi connectivity index (χ1v) is 9.23. The van der Waals surface area contributed by atoms with Crippen LogP contribution in [0.4, 0.5) is 0 Å². The lowest BCUT2D eigenvalue weighted by Crippen LogP contribution is -2.44. The van der Waals surface area contributed by atoms with Gasteiger partial charge in [0.2, 0.25) is 10.0 Å². The molecular weight excluding hydrogens is 260 g/mol. The van der Waals surface area contributed by atoms with E-state index in [2.05, 4.69) is 9.62 Å². The molecular formula is C14H28N2O2S. The van der Waals surface area contributed by atoms with Crippen molar-refractivity contribution in [3.63, 3.8) is 0 Å². The van der Waals surface area contributed by atoms with Crippen LogP contribution in [0.15, 0.2) is 0 Å². The molecule has 0 aromatic heterocycles. The van der Waals surface area contributed by atoms with E-state index in [1.165, 1.54) is 38.8 Å². The molecule has 112 valence electrons. The maximum atomic E-state index is 11.8. The van der Waals surface area contributed by atoms with Gasteiger partial charge in [-0.05, 0) is 57.9 Å². The second kappa shape index (κ2) is 6.55. The van der Waals surface area contributed by atoms with Crippen LogP contribution in [-0.2, 0) is 10.0 Å². The van der Waals surface area contributed by atoms with Crippen molar-refractivity contribution in [1.82, 2.24) is 9.62 Å². The van der Waals surface area contributed by atoms with Gasteiger partial charge < -0.3 is 4.90 Å². The maximum absolute atomic E-state index is 11.8. The summed E-state index contributed by atoms with van der Waals surface area (Å²) in [6.45, 7) is 7.56. The molecule has 19 heavy (non-hydrogen) atoms. The number of piperidine rings is 1. The minimum absolute atomic E-state index is 0.331. The number of nitrogens with one attached hydrogen (secondary N) is 1. The SMILES string of the molecule is CC(C)S(=O)(=O)NC[C@H]1CCCN(CC2CCC2)C1. The summed E-state index contributed by atoms with van der Waals surface area (Å²) in [5.41, 5.74) is 0. The van der Waals surface area contributed by atoms with Crippen LogP contribution >= 0.6 is 0 Å². The largest absolute Gasteiger partial charge is 0.303 e. The summed E-state index contributed by atoms with van der Waals surface area (Å²) in [7, 11) is -3.10. The highest BCUT2D eigenvalue weighted by Gasteiger charge is 2.26. The van der Waals surface area contributed by atoms with Gasteiger partial charge in [-0.25, -0.2) is 13.1 Å². The second-order valence-corrected chi connectivity index (χ2v) is 8.83. The zero-order valence-electron chi connectivity index (χ0n) is 12.3. The molecule has 0 aromatic carbocycles. The first-order valence-electron chi connectivity index (χ1n) is 7.68. The van der Waals surface area contributed by atoms with E-state index < -0.39 is 10.0 Å². The van der Waals surface area contributed by atoms with Crippen molar-refractivity contribution in [2.45, 2.75) is 51.2 Å². The van der Waals surface area contributed by atoms with Crippen LogP contribution in [0.5, 0.6) is 0 Å². The van der Waals surface area contributed by atoms with Gasteiger partial charge in [0.15, 0.2) is 0 Å². The van der Waals surface area contributed by atoms with Crippen LogP contribution in [0.25, 0.3) is 0 Å². The Bertz CT molecular complexity index is 377. The Balaban J connectivity index is 1.74. The first-order chi connectivity index (χ1) is 8.97. The number of nitrogens with zero attached hydrogens (tertiary/aromatic N) is 1. The third kappa shape index (κ3) is 4.43. The highest BCUT2D eigenvalue weighted by atomic mass is 32.2. The van der Waals surface area contributed by atoms with E-state index in [-0.39, 0.29) is 5.25 Å². The first kappa shape index (κ1) is 15.3. The molecule has 2 rings (SSSR count). The monoisotopic (exact) mass is 288 g/mol. The molecule has 1 N–H and O–H groups in total. The lowest BCUT2D eigenvalue weighted by Gasteiger charge is -2.37. The highest BCUT2D eigenvalue weighted by Crippen LogP contribution is 2.28. The molecule has 4 nitrogen and oxygen atoms in total.